The first-order valence-electron chi connectivity index (χ1n) is 8.25. The van der Waals surface area contributed by atoms with Crippen LogP contribution in [0.25, 0.3) is 0 Å². The van der Waals surface area contributed by atoms with Crippen molar-refractivity contribution in [2.45, 2.75) is 36.7 Å². The number of rotatable bonds is 4. The molecule has 1 saturated carbocycles. The molecule has 1 aliphatic carbocycles. The molecule has 1 fully saturated rings. The molecule has 2 aromatic rings. The van der Waals surface area contributed by atoms with Gasteiger partial charge in [-0.1, -0.05) is 0 Å². The average molecular weight is 341 g/mol. The van der Waals surface area contributed by atoms with E-state index in [1.807, 2.05) is 27.8 Å². The zero-order valence-electron chi connectivity index (χ0n) is 13.4. The third-order valence-electron chi connectivity index (χ3n) is 4.58. The summed E-state index contributed by atoms with van der Waals surface area (Å²) < 4.78 is 1.85. The van der Waals surface area contributed by atoms with Gasteiger partial charge in [-0.25, -0.2) is 0 Å². The fourth-order valence-electron chi connectivity index (χ4n) is 3.07. The number of aromatic nitrogens is 2. The van der Waals surface area contributed by atoms with Crippen LogP contribution in [0.2, 0.25) is 0 Å². The van der Waals surface area contributed by atoms with Crippen LogP contribution in [0.15, 0.2) is 46.5 Å². The minimum Gasteiger partial charge on any atom is -0.337 e. The third kappa shape index (κ3) is 3.24. The molecule has 5 nitrogen and oxygen atoms in total. The van der Waals surface area contributed by atoms with Crippen molar-refractivity contribution in [2.24, 2.45) is 0 Å². The Balaban J connectivity index is 1.44. The minimum absolute atomic E-state index is 0.101. The van der Waals surface area contributed by atoms with E-state index in [4.69, 9.17) is 0 Å². The normalized spacial score (nSPS) is 16.8. The van der Waals surface area contributed by atoms with Gasteiger partial charge in [-0.3, -0.25) is 14.6 Å². The van der Waals surface area contributed by atoms with Crippen LogP contribution in [-0.2, 0) is 17.8 Å². The van der Waals surface area contributed by atoms with Crippen LogP contribution in [0.3, 0.4) is 0 Å². The van der Waals surface area contributed by atoms with Gasteiger partial charge in [-0.15, -0.1) is 11.8 Å². The van der Waals surface area contributed by atoms with Crippen LogP contribution >= 0.6 is 11.8 Å². The number of thioether (sulfide) groups is 1. The Labute approximate surface area is 144 Å². The largest absolute Gasteiger partial charge is 0.337 e. The Morgan fingerprint density at radius 3 is 2.79 bits per heavy atom. The zero-order valence-corrected chi connectivity index (χ0v) is 14.2. The van der Waals surface area contributed by atoms with Crippen LogP contribution in [0.4, 0.5) is 0 Å². The van der Waals surface area contributed by atoms with Crippen molar-refractivity contribution >= 4 is 17.7 Å². The topological polar surface area (TPSA) is 55.2 Å². The van der Waals surface area contributed by atoms with Crippen molar-refractivity contribution in [2.75, 3.05) is 12.3 Å². The molecule has 0 atom stereocenters. The maximum absolute atomic E-state index is 12.5. The van der Waals surface area contributed by atoms with Gasteiger partial charge in [0.05, 0.1) is 5.75 Å². The van der Waals surface area contributed by atoms with E-state index in [1.165, 1.54) is 11.8 Å². The van der Waals surface area contributed by atoms with Crippen LogP contribution in [0.5, 0.6) is 0 Å². The molecule has 0 N–H and O–H groups in total. The van der Waals surface area contributed by atoms with E-state index in [0.717, 1.165) is 35.3 Å². The van der Waals surface area contributed by atoms with Crippen molar-refractivity contribution in [3.8, 4) is 0 Å². The molecule has 0 aromatic carbocycles. The van der Waals surface area contributed by atoms with Crippen molar-refractivity contribution < 1.29 is 4.79 Å². The molecule has 24 heavy (non-hydrogen) atoms. The number of hydrogen-bond donors (Lipinski definition) is 0. The fourth-order valence-corrected chi connectivity index (χ4v) is 3.85. The number of amides is 1. The molecule has 2 aromatic heterocycles. The highest BCUT2D eigenvalue weighted by atomic mass is 32.2. The highest BCUT2D eigenvalue weighted by Gasteiger charge is 2.27. The second-order valence-electron chi connectivity index (χ2n) is 6.34. The number of pyridine rings is 2. The standard InChI is InChI=1S/C18H19N3O2S/c22-17-9-13-5-8-20(10-14(13)11-21(17)15-1-2-15)18(23)12-24-16-3-6-19-7-4-16/h3-4,6-7,9,11,15H,1-2,5,8,10,12H2. The molecule has 0 unspecified atom stereocenters. The van der Waals surface area contributed by atoms with Crippen LogP contribution in [0.1, 0.15) is 30.0 Å². The molecule has 0 spiro atoms. The number of nitrogens with zero attached hydrogens (tertiary/aromatic N) is 3. The average Bonchev–Trinajstić information content (AvgIpc) is 3.44. The molecule has 0 bridgehead atoms. The molecule has 4 rings (SSSR count). The lowest BCUT2D eigenvalue weighted by Gasteiger charge is -2.29. The lowest BCUT2D eigenvalue weighted by molar-refractivity contribution is -0.129. The van der Waals surface area contributed by atoms with Crippen molar-refractivity contribution in [3.05, 3.63) is 58.3 Å². The van der Waals surface area contributed by atoms with Crippen LogP contribution in [-0.4, -0.2) is 32.7 Å². The first kappa shape index (κ1) is 15.4. The Hall–Kier alpha value is -2.08. The summed E-state index contributed by atoms with van der Waals surface area (Å²) in [6.07, 6.45) is 8.39. The maximum atomic E-state index is 12.5. The minimum atomic E-state index is 0.101. The van der Waals surface area contributed by atoms with Crippen molar-refractivity contribution in [1.82, 2.24) is 14.5 Å². The lowest BCUT2D eigenvalue weighted by Crippen LogP contribution is -2.38. The number of carbonyl (C=O) groups excluding carboxylic acids is 1. The summed E-state index contributed by atoms with van der Waals surface area (Å²) >= 11 is 1.54. The van der Waals surface area contributed by atoms with Gasteiger partial charge >= 0.3 is 0 Å². The number of hydrogen-bond acceptors (Lipinski definition) is 4. The summed E-state index contributed by atoms with van der Waals surface area (Å²) in [4.78, 5) is 31.6. The second kappa shape index (κ2) is 6.43. The van der Waals surface area contributed by atoms with Gasteiger partial charge < -0.3 is 9.47 Å². The molecule has 0 saturated heterocycles. The summed E-state index contributed by atoms with van der Waals surface area (Å²) in [7, 11) is 0. The summed E-state index contributed by atoms with van der Waals surface area (Å²) in [6, 6.07) is 5.97. The summed E-state index contributed by atoms with van der Waals surface area (Å²) in [5, 5.41) is 0. The monoisotopic (exact) mass is 341 g/mol. The van der Waals surface area contributed by atoms with Crippen molar-refractivity contribution in [3.63, 3.8) is 0 Å². The number of carbonyl (C=O) groups is 1. The van der Waals surface area contributed by atoms with Gasteiger partial charge in [0.2, 0.25) is 5.91 Å². The van der Waals surface area contributed by atoms with E-state index in [9.17, 15) is 9.59 Å². The second-order valence-corrected chi connectivity index (χ2v) is 7.39. The molecule has 1 amide bonds. The zero-order chi connectivity index (χ0) is 16.5. The van der Waals surface area contributed by atoms with Gasteiger partial charge in [-0.05, 0) is 42.5 Å². The summed E-state index contributed by atoms with van der Waals surface area (Å²) in [6.45, 7) is 1.30. The molecular weight excluding hydrogens is 322 g/mol. The van der Waals surface area contributed by atoms with Gasteiger partial charge in [0.15, 0.2) is 0 Å². The predicted octanol–water partition coefficient (Wildman–Crippen LogP) is 2.26. The van der Waals surface area contributed by atoms with E-state index in [1.54, 1.807) is 18.5 Å². The molecule has 0 radical (unpaired) electrons. The van der Waals surface area contributed by atoms with E-state index < -0.39 is 0 Å². The highest BCUT2D eigenvalue weighted by Crippen LogP contribution is 2.34. The van der Waals surface area contributed by atoms with Gasteiger partial charge in [0.25, 0.3) is 5.56 Å². The highest BCUT2D eigenvalue weighted by molar-refractivity contribution is 8.00. The van der Waals surface area contributed by atoms with Gasteiger partial charge in [-0.2, -0.15) is 0 Å². The molecular formula is C18H19N3O2S. The predicted molar refractivity (Wildman–Crippen MR) is 93.1 cm³/mol. The summed E-state index contributed by atoms with van der Waals surface area (Å²) in [5.41, 5.74) is 2.32. The summed E-state index contributed by atoms with van der Waals surface area (Å²) in [5.74, 6) is 0.577. The van der Waals surface area contributed by atoms with E-state index in [-0.39, 0.29) is 11.5 Å². The maximum Gasteiger partial charge on any atom is 0.251 e. The first-order valence-corrected chi connectivity index (χ1v) is 9.24. The van der Waals surface area contributed by atoms with Crippen LogP contribution < -0.4 is 5.56 Å². The first-order chi connectivity index (χ1) is 11.7. The lowest BCUT2D eigenvalue weighted by atomic mass is 10.0. The fraction of sp³-hybridized carbons (Fsp3) is 0.389. The molecule has 3 heterocycles. The molecule has 2 aliphatic rings. The quantitative estimate of drug-likeness (QED) is 0.801. The molecule has 6 heteroatoms. The van der Waals surface area contributed by atoms with Gasteiger partial charge in [0.1, 0.15) is 0 Å². The third-order valence-corrected chi connectivity index (χ3v) is 5.57. The SMILES string of the molecule is O=C(CSc1ccncc1)N1CCc2cc(=O)n(C3CC3)cc2C1. The van der Waals surface area contributed by atoms with E-state index in [2.05, 4.69) is 4.98 Å². The number of fused-ring (bicyclic) bond motifs is 1. The smallest absolute Gasteiger partial charge is 0.251 e. The Morgan fingerprint density at radius 2 is 2.04 bits per heavy atom. The van der Waals surface area contributed by atoms with Gasteiger partial charge in [0, 0.05) is 48.7 Å². The Kier molecular flexibility index (Phi) is 4.14. The van der Waals surface area contributed by atoms with E-state index >= 15 is 0 Å². The molecule has 1 aliphatic heterocycles. The van der Waals surface area contributed by atoms with Crippen LogP contribution in [0, 0.1) is 0 Å². The van der Waals surface area contributed by atoms with E-state index in [0.29, 0.717) is 24.9 Å². The Morgan fingerprint density at radius 1 is 1.25 bits per heavy atom. The Bertz CT molecular complexity index is 815. The van der Waals surface area contributed by atoms with Crippen molar-refractivity contribution in [1.29, 1.82) is 0 Å². The molecule has 124 valence electrons.